The normalized spacial score (nSPS) is 15.6. The van der Waals surface area contributed by atoms with E-state index in [1.165, 1.54) is 0 Å². The molecule has 0 amide bonds. The second-order valence-electron chi connectivity index (χ2n) is 11.9. The monoisotopic (exact) mass is 617 g/mol. The van der Waals surface area contributed by atoms with Gasteiger partial charge in [0, 0.05) is 33.5 Å². The first-order valence-electron chi connectivity index (χ1n) is 15.9. The average molecular weight is 618 g/mol. The van der Waals surface area contributed by atoms with Crippen LogP contribution in [-0.4, -0.2) is 15.0 Å². The minimum atomic E-state index is -0.180. The molecular formula is C42H27N5O. The average Bonchev–Trinajstić information content (AvgIpc) is 3.70. The lowest BCUT2D eigenvalue weighted by Gasteiger charge is -2.28. The molecule has 226 valence electrons. The number of para-hydroxylation sites is 2. The molecule has 6 nitrogen and oxygen atoms in total. The third-order valence-electron chi connectivity index (χ3n) is 9.11. The van der Waals surface area contributed by atoms with E-state index in [0.717, 1.165) is 56.1 Å². The van der Waals surface area contributed by atoms with Crippen molar-refractivity contribution in [3.05, 3.63) is 168 Å². The number of nitriles is 1. The van der Waals surface area contributed by atoms with E-state index in [1.54, 1.807) is 0 Å². The van der Waals surface area contributed by atoms with Crippen LogP contribution in [0.2, 0.25) is 0 Å². The van der Waals surface area contributed by atoms with Crippen molar-refractivity contribution in [2.24, 2.45) is 0 Å². The summed E-state index contributed by atoms with van der Waals surface area (Å²) in [7, 11) is 0. The van der Waals surface area contributed by atoms with Gasteiger partial charge in [0.2, 0.25) is 0 Å². The van der Waals surface area contributed by atoms with Crippen LogP contribution in [-0.2, 0) is 0 Å². The van der Waals surface area contributed by atoms with Crippen LogP contribution in [0, 0.1) is 11.3 Å². The number of rotatable bonds is 5. The Kier molecular flexibility index (Phi) is 6.55. The number of benzene rings is 6. The summed E-state index contributed by atoms with van der Waals surface area (Å²) in [5.41, 5.74) is 9.41. The van der Waals surface area contributed by atoms with Gasteiger partial charge in [0.05, 0.1) is 11.3 Å². The zero-order valence-electron chi connectivity index (χ0n) is 25.7. The first-order valence-corrected chi connectivity index (χ1v) is 15.9. The summed E-state index contributed by atoms with van der Waals surface area (Å²) >= 11 is 0. The van der Waals surface area contributed by atoms with Crippen LogP contribution in [0.25, 0.3) is 45.3 Å². The Balaban J connectivity index is 1.19. The SMILES string of the molecule is N#Cc1ccc(-c2nc(-c3ccccc3)nc(-c3ccc(-c4ccccc4)cc3)n2)cc1N1c2ccccc2C2Oc3ccccc3C21. The third-order valence-corrected chi connectivity index (χ3v) is 9.11. The molecule has 0 fully saturated rings. The van der Waals surface area contributed by atoms with Gasteiger partial charge in [-0.1, -0.05) is 121 Å². The number of aromatic nitrogens is 3. The van der Waals surface area contributed by atoms with Crippen LogP contribution in [0.1, 0.15) is 28.8 Å². The van der Waals surface area contributed by atoms with Crippen LogP contribution in [0.5, 0.6) is 5.75 Å². The quantitative estimate of drug-likeness (QED) is 0.191. The molecule has 48 heavy (non-hydrogen) atoms. The summed E-state index contributed by atoms with van der Waals surface area (Å²) in [4.78, 5) is 17.2. The molecule has 3 heterocycles. The molecule has 2 aliphatic heterocycles. The summed E-state index contributed by atoms with van der Waals surface area (Å²) in [6, 6.07) is 53.1. The predicted octanol–water partition coefficient (Wildman–Crippen LogP) is 9.74. The Morgan fingerprint density at radius 1 is 0.500 bits per heavy atom. The molecule has 7 aromatic rings. The Morgan fingerprint density at radius 3 is 1.73 bits per heavy atom. The third kappa shape index (κ3) is 4.60. The lowest BCUT2D eigenvalue weighted by atomic mass is 10.0. The second-order valence-corrected chi connectivity index (χ2v) is 11.9. The van der Waals surface area contributed by atoms with Crippen LogP contribution < -0.4 is 9.64 Å². The zero-order chi connectivity index (χ0) is 32.0. The molecule has 0 N–H and O–H groups in total. The molecule has 6 heteroatoms. The van der Waals surface area contributed by atoms with Gasteiger partial charge in [-0.15, -0.1) is 0 Å². The Hall–Kier alpha value is -6.58. The minimum Gasteiger partial charge on any atom is -0.483 e. The molecule has 2 atom stereocenters. The van der Waals surface area contributed by atoms with E-state index < -0.39 is 0 Å². The molecule has 2 aliphatic rings. The minimum absolute atomic E-state index is 0.113. The first kappa shape index (κ1) is 27.7. The number of ether oxygens (including phenoxy) is 1. The van der Waals surface area contributed by atoms with E-state index in [0.29, 0.717) is 23.0 Å². The maximum Gasteiger partial charge on any atom is 0.164 e. The maximum atomic E-state index is 10.4. The number of anilines is 2. The van der Waals surface area contributed by atoms with E-state index >= 15 is 0 Å². The lowest BCUT2D eigenvalue weighted by Crippen LogP contribution is -2.21. The van der Waals surface area contributed by atoms with E-state index in [2.05, 4.69) is 65.6 Å². The van der Waals surface area contributed by atoms with E-state index in [1.807, 2.05) is 97.1 Å². The summed E-state index contributed by atoms with van der Waals surface area (Å²) in [6.07, 6.45) is -0.180. The van der Waals surface area contributed by atoms with Gasteiger partial charge in [-0.05, 0) is 41.5 Å². The van der Waals surface area contributed by atoms with Crippen molar-refractivity contribution in [3.8, 4) is 57.1 Å². The smallest absolute Gasteiger partial charge is 0.164 e. The Morgan fingerprint density at radius 2 is 1.02 bits per heavy atom. The topological polar surface area (TPSA) is 74.9 Å². The number of hydrogen-bond acceptors (Lipinski definition) is 6. The highest BCUT2D eigenvalue weighted by Crippen LogP contribution is 2.59. The molecule has 0 aliphatic carbocycles. The van der Waals surface area contributed by atoms with Gasteiger partial charge in [0.15, 0.2) is 23.6 Å². The summed E-state index contributed by atoms with van der Waals surface area (Å²) in [5, 5.41) is 10.4. The van der Waals surface area contributed by atoms with Gasteiger partial charge < -0.3 is 9.64 Å². The van der Waals surface area contributed by atoms with Crippen LogP contribution in [0.4, 0.5) is 11.4 Å². The van der Waals surface area contributed by atoms with Crippen LogP contribution in [0.3, 0.4) is 0 Å². The van der Waals surface area contributed by atoms with Crippen LogP contribution in [0.15, 0.2) is 152 Å². The molecule has 0 spiro atoms. The Labute approximate surface area is 278 Å². The molecule has 6 aromatic carbocycles. The van der Waals surface area contributed by atoms with Crippen molar-refractivity contribution in [2.45, 2.75) is 12.1 Å². The van der Waals surface area contributed by atoms with Crippen molar-refractivity contribution in [1.29, 1.82) is 5.26 Å². The fraction of sp³-hybridized carbons (Fsp3) is 0.0476. The summed E-state index contributed by atoms with van der Waals surface area (Å²) in [6.45, 7) is 0. The standard InChI is InChI=1S/C42H27N5O/c43-26-32-24-23-31(25-36(32)47-35-17-9-7-15-33(35)39-38(47)34-16-8-10-18-37(34)48-39)42-45-40(29-13-5-2-6-14-29)44-41(46-42)30-21-19-28(20-22-30)27-11-3-1-4-12-27/h1-25,38-39H. The molecular weight excluding hydrogens is 590 g/mol. The maximum absolute atomic E-state index is 10.4. The van der Waals surface area contributed by atoms with Gasteiger partial charge in [-0.3, -0.25) is 0 Å². The predicted molar refractivity (Wildman–Crippen MR) is 187 cm³/mol. The molecule has 2 unspecified atom stereocenters. The Bertz CT molecular complexity index is 2350. The lowest BCUT2D eigenvalue weighted by molar-refractivity contribution is 0.223. The van der Waals surface area contributed by atoms with Gasteiger partial charge in [-0.25, -0.2) is 15.0 Å². The highest BCUT2D eigenvalue weighted by Gasteiger charge is 2.47. The summed E-state index contributed by atoms with van der Waals surface area (Å²) < 4.78 is 6.51. The number of hydrogen-bond donors (Lipinski definition) is 0. The van der Waals surface area contributed by atoms with E-state index in [4.69, 9.17) is 19.7 Å². The van der Waals surface area contributed by atoms with Gasteiger partial charge in [-0.2, -0.15) is 5.26 Å². The molecule has 0 saturated heterocycles. The van der Waals surface area contributed by atoms with Crippen molar-refractivity contribution in [1.82, 2.24) is 15.0 Å². The molecule has 1 aromatic heterocycles. The molecule has 9 rings (SSSR count). The molecule has 0 bridgehead atoms. The number of nitrogens with zero attached hydrogens (tertiary/aromatic N) is 5. The molecule has 0 saturated carbocycles. The molecule has 0 radical (unpaired) electrons. The van der Waals surface area contributed by atoms with Crippen molar-refractivity contribution in [3.63, 3.8) is 0 Å². The van der Waals surface area contributed by atoms with Gasteiger partial charge in [0.1, 0.15) is 17.9 Å². The fourth-order valence-corrected chi connectivity index (χ4v) is 6.84. The second kappa shape index (κ2) is 11.3. The van der Waals surface area contributed by atoms with Gasteiger partial charge >= 0.3 is 0 Å². The highest BCUT2D eigenvalue weighted by atomic mass is 16.5. The fourth-order valence-electron chi connectivity index (χ4n) is 6.84. The highest BCUT2D eigenvalue weighted by molar-refractivity contribution is 5.81. The van der Waals surface area contributed by atoms with Crippen LogP contribution >= 0.6 is 0 Å². The van der Waals surface area contributed by atoms with E-state index in [9.17, 15) is 5.26 Å². The first-order chi connectivity index (χ1) is 23.7. The van der Waals surface area contributed by atoms with E-state index in [-0.39, 0.29) is 12.1 Å². The van der Waals surface area contributed by atoms with Crippen molar-refractivity contribution in [2.75, 3.05) is 4.90 Å². The number of fused-ring (bicyclic) bond motifs is 5. The largest absolute Gasteiger partial charge is 0.483 e. The van der Waals surface area contributed by atoms with Crippen molar-refractivity contribution < 1.29 is 4.74 Å². The summed E-state index contributed by atoms with van der Waals surface area (Å²) in [5.74, 6) is 2.56. The van der Waals surface area contributed by atoms with Crippen molar-refractivity contribution >= 4 is 11.4 Å². The van der Waals surface area contributed by atoms with Gasteiger partial charge in [0.25, 0.3) is 0 Å². The zero-order valence-corrected chi connectivity index (χ0v) is 25.7.